The number of rotatable bonds is 5. The van der Waals surface area contributed by atoms with Gasteiger partial charge in [0.1, 0.15) is 5.75 Å². The van der Waals surface area contributed by atoms with Crippen LogP contribution in [-0.4, -0.2) is 35.9 Å². The Kier molecular flexibility index (Phi) is 6.12. The molecule has 0 saturated carbocycles. The van der Waals surface area contributed by atoms with E-state index in [1.807, 2.05) is 24.8 Å². The normalized spacial score (nSPS) is 14.1. The highest BCUT2D eigenvalue weighted by Gasteiger charge is 2.19. The van der Waals surface area contributed by atoms with Crippen LogP contribution in [-0.2, 0) is 0 Å². The van der Waals surface area contributed by atoms with Crippen LogP contribution in [0.1, 0.15) is 53.8 Å². The van der Waals surface area contributed by atoms with Gasteiger partial charge in [0.25, 0.3) is 11.8 Å². The smallest absolute Gasteiger partial charge is 0.259 e. The lowest BCUT2D eigenvalue weighted by Gasteiger charge is -2.26. The lowest BCUT2D eigenvalue weighted by atomic mass is 10.1. The number of benzene rings is 2. The summed E-state index contributed by atoms with van der Waals surface area (Å²) in [5, 5.41) is 2.88. The van der Waals surface area contributed by atoms with Gasteiger partial charge in [0.2, 0.25) is 0 Å². The zero-order valence-corrected chi connectivity index (χ0v) is 15.9. The van der Waals surface area contributed by atoms with Gasteiger partial charge in [-0.3, -0.25) is 9.59 Å². The first-order chi connectivity index (χ1) is 13.0. The molecule has 142 valence electrons. The largest absolute Gasteiger partial charge is 0.490 e. The highest BCUT2D eigenvalue weighted by atomic mass is 16.5. The summed E-state index contributed by atoms with van der Waals surface area (Å²) in [5.41, 5.74) is 1.67. The van der Waals surface area contributed by atoms with Crippen molar-refractivity contribution in [2.45, 2.75) is 39.2 Å². The summed E-state index contributed by atoms with van der Waals surface area (Å²) < 4.78 is 5.72. The number of likely N-dealkylation sites (tertiary alicyclic amines) is 1. The second-order valence-corrected chi connectivity index (χ2v) is 7.05. The van der Waals surface area contributed by atoms with Gasteiger partial charge in [-0.1, -0.05) is 18.2 Å². The lowest BCUT2D eigenvalue weighted by Crippen LogP contribution is -2.35. The monoisotopic (exact) mass is 366 g/mol. The van der Waals surface area contributed by atoms with Gasteiger partial charge < -0.3 is 15.0 Å². The average molecular weight is 366 g/mol. The van der Waals surface area contributed by atoms with Crippen molar-refractivity contribution < 1.29 is 14.3 Å². The van der Waals surface area contributed by atoms with E-state index in [1.54, 1.807) is 42.5 Å². The van der Waals surface area contributed by atoms with Crippen LogP contribution in [0, 0.1) is 0 Å². The van der Waals surface area contributed by atoms with Gasteiger partial charge in [0.15, 0.2) is 0 Å². The summed E-state index contributed by atoms with van der Waals surface area (Å²) in [6.45, 7) is 5.44. The third-order valence-corrected chi connectivity index (χ3v) is 4.51. The standard InChI is InChI=1S/C22H26N2O3/c1-16(2)27-20-12-5-4-11-19(20)21(25)23-18-10-8-9-17(15-18)22(26)24-13-6-3-7-14-24/h4-5,8-12,15-16H,3,6-7,13-14H2,1-2H3,(H,23,25). The van der Waals surface area contributed by atoms with Crippen LogP contribution < -0.4 is 10.1 Å². The van der Waals surface area contributed by atoms with Crippen molar-refractivity contribution in [1.29, 1.82) is 0 Å². The molecule has 1 saturated heterocycles. The summed E-state index contributed by atoms with van der Waals surface area (Å²) in [6.07, 6.45) is 3.26. The van der Waals surface area contributed by atoms with E-state index in [4.69, 9.17) is 4.74 Å². The van der Waals surface area contributed by atoms with Gasteiger partial charge in [-0.15, -0.1) is 0 Å². The summed E-state index contributed by atoms with van der Waals surface area (Å²) in [4.78, 5) is 27.3. The molecule has 0 aromatic heterocycles. The molecule has 27 heavy (non-hydrogen) atoms. The predicted octanol–water partition coefficient (Wildman–Crippen LogP) is 4.35. The number of carbonyl (C=O) groups excluding carboxylic acids is 2. The number of hydrogen-bond donors (Lipinski definition) is 1. The van der Waals surface area contributed by atoms with Crippen LogP contribution >= 0.6 is 0 Å². The first-order valence-corrected chi connectivity index (χ1v) is 9.51. The van der Waals surface area contributed by atoms with E-state index in [-0.39, 0.29) is 17.9 Å². The maximum absolute atomic E-state index is 12.7. The van der Waals surface area contributed by atoms with Crippen molar-refractivity contribution in [2.75, 3.05) is 18.4 Å². The maximum Gasteiger partial charge on any atom is 0.259 e. The van der Waals surface area contributed by atoms with E-state index in [0.717, 1.165) is 25.9 Å². The van der Waals surface area contributed by atoms with E-state index in [2.05, 4.69) is 5.32 Å². The first-order valence-electron chi connectivity index (χ1n) is 9.51. The number of nitrogens with zero attached hydrogens (tertiary/aromatic N) is 1. The number of nitrogens with one attached hydrogen (secondary N) is 1. The van der Waals surface area contributed by atoms with Crippen molar-refractivity contribution in [1.82, 2.24) is 4.90 Å². The molecule has 5 heteroatoms. The first kappa shape index (κ1) is 19.0. The number of ether oxygens (including phenoxy) is 1. The fourth-order valence-electron chi connectivity index (χ4n) is 3.22. The summed E-state index contributed by atoms with van der Waals surface area (Å²) in [5.74, 6) is 0.314. The van der Waals surface area contributed by atoms with Gasteiger partial charge >= 0.3 is 0 Å². The zero-order valence-electron chi connectivity index (χ0n) is 15.9. The van der Waals surface area contributed by atoms with Gasteiger partial charge in [-0.2, -0.15) is 0 Å². The number of amides is 2. The second kappa shape index (κ2) is 8.71. The van der Waals surface area contributed by atoms with E-state index in [9.17, 15) is 9.59 Å². The molecule has 0 spiro atoms. The van der Waals surface area contributed by atoms with Crippen LogP contribution in [0.25, 0.3) is 0 Å². The molecule has 0 radical (unpaired) electrons. The van der Waals surface area contributed by atoms with Crippen LogP contribution in [0.4, 0.5) is 5.69 Å². The molecule has 1 fully saturated rings. The number of carbonyl (C=O) groups is 2. The minimum Gasteiger partial charge on any atom is -0.490 e. The molecule has 2 amide bonds. The van der Waals surface area contributed by atoms with Crippen molar-refractivity contribution in [2.24, 2.45) is 0 Å². The van der Waals surface area contributed by atoms with Gasteiger partial charge in [-0.05, 0) is 63.4 Å². The Hall–Kier alpha value is -2.82. The molecule has 0 aliphatic carbocycles. The fourth-order valence-corrected chi connectivity index (χ4v) is 3.22. The Labute approximate surface area is 160 Å². The van der Waals surface area contributed by atoms with Gasteiger partial charge in [0, 0.05) is 24.3 Å². The molecular formula is C22H26N2O3. The lowest BCUT2D eigenvalue weighted by molar-refractivity contribution is 0.0724. The van der Waals surface area contributed by atoms with Crippen LogP contribution in [0.3, 0.4) is 0 Å². The average Bonchev–Trinajstić information content (AvgIpc) is 2.68. The van der Waals surface area contributed by atoms with Crippen LogP contribution in [0.5, 0.6) is 5.75 Å². The van der Waals surface area contributed by atoms with Gasteiger partial charge in [-0.25, -0.2) is 0 Å². The third kappa shape index (κ3) is 4.88. The van der Waals surface area contributed by atoms with Crippen molar-refractivity contribution in [3.8, 4) is 5.75 Å². The van der Waals surface area contributed by atoms with Crippen LogP contribution in [0.15, 0.2) is 48.5 Å². The molecular weight excluding hydrogens is 340 g/mol. The molecule has 1 N–H and O–H groups in total. The van der Waals surface area contributed by atoms with E-state index < -0.39 is 0 Å². The Morgan fingerprint density at radius 1 is 1.00 bits per heavy atom. The molecule has 1 aliphatic rings. The molecule has 0 atom stereocenters. The van der Waals surface area contributed by atoms with Crippen molar-refractivity contribution >= 4 is 17.5 Å². The maximum atomic E-state index is 12.7. The quantitative estimate of drug-likeness (QED) is 0.856. The Morgan fingerprint density at radius 3 is 2.48 bits per heavy atom. The minimum atomic E-state index is -0.256. The van der Waals surface area contributed by atoms with Crippen molar-refractivity contribution in [3.63, 3.8) is 0 Å². The van der Waals surface area contributed by atoms with Gasteiger partial charge in [0.05, 0.1) is 11.7 Å². The van der Waals surface area contributed by atoms with E-state index >= 15 is 0 Å². The summed E-state index contributed by atoms with van der Waals surface area (Å²) >= 11 is 0. The number of hydrogen-bond acceptors (Lipinski definition) is 3. The Bertz CT molecular complexity index is 811. The highest BCUT2D eigenvalue weighted by Crippen LogP contribution is 2.22. The zero-order chi connectivity index (χ0) is 19.2. The molecule has 1 aliphatic heterocycles. The van der Waals surface area contributed by atoms with E-state index in [0.29, 0.717) is 22.6 Å². The Morgan fingerprint density at radius 2 is 1.74 bits per heavy atom. The predicted molar refractivity (Wildman–Crippen MR) is 106 cm³/mol. The topological polar surface area (TPSA) is 58.6 Å². The fraction of sp³-hybridized carbons (Fsp3) is 0.364. The summed E-state index contributed by atoms with van der Waals surface area (Å²) in [7, 11) is 0. The number of piperidine rings is 1. The summed E-state index contributed by atoms with van der Waals surface area (Å²) in [6, 6.07) is 14.3. The van der Waals surface area contributed by atoms with E-state index in [1.165, 1.54) is 6.42 Å². The Balaban J connectivity index is 1.74. The number of anilines is 1. The highest BCUT2D eigenvalue weighted by molar-refractivity contribution is 6.06. The third-order valence-electron chi connectivity index (χ3n) is 4.51. The van der Waals surface area contributed by atoms with Crippen LogP contribution in [0.2, 0.25) is 0 Å². The molecule has 3 rings (SSSR count). The number of para-hydroxylation sites is 1. The SMILES string of the molecule is CC(C)Oc1ccccc1C(=O)Nc1cccc(C(=O)N2CCCCC2)c1. The molecule has 1 heterocycles. The van der Waals surface area contributed by atoms with Crippen molar-refractivity contribution in [3.05, 3.63) is 59.7 Å². The molecule has 2 aromatic carbocycles. The molecule has 0 unspecified atom stereocenters. The molecule has 5 nitrogen and oxygen atoms in total. The second-order valence-electron chi connectivity index (χ2n) is 7.05. The molecule has 0 bridgehead atoms. The minimum absolute atomic E-state index is 0.0225. The molecule has 2 aromatic rings.